The number of Topliss-reactive ketones (excluding diaryl/α,β-unsaturated/α-hetero) is 1. The van der Waals surface area contributed by atoms with Gasteiger partial charge in [0.25, 0.3) is 0 Å². The smallest absolute Gasteiger partial charge is 0.306 e. The Balaban J connectivity index is 1.10. The molecule has 4 aliphatic rings. The van der Waals surface area contributed by atoms with Crippen LogP contribution >= 0.6 is 0 Å². The van der Waals surface area contributed by atoms with Crippen molar-refractivity contribution in [1.29, 1.82) is 0 Å². The topological polar surface area (TPSA) is 80.7 Å². The molecule has 250 valence electrons. The molecular weight excluding hydrogens is 548 g/mol. The van der Waals surface area contributed by atoms with Crippen molar-refractivity contribution in [3.05, 3.63) is 11.6 Å². The van der Waals surface area contributed by atoms with Gasteiger partial charge in [-0.15, -0.1) is 0 Å². The van der Waals surface area contributed by atoms with E-state index in [1.165, 1.54) is 82.6 Å². The van der Waals surface area contributed by atoms with Crippen LogP contribution in [0, 0.1) is 28.6 Å². The van der Waals surface area contributed by atoms with E-state index in [-0.39, 0.29) is 29.6 Å². The summed E-state index contributed by atoms with van der Waals surface area (Å²) in [6.45, 7) is 6.44. The molecule has 3 fully saturated rings. The molecule has 0 aromatic heterocycles. The normalized spacial score (nSPS) is 32.9. The lowest BCUT2D eigenvalue weighted by Gasteiger charge is -2.58. The average molecular weight is 613 g/mol. The molecule has 1 N–H and O–H groups in total. The summed E-state index contributed by atoms with van der Waals surface area (Å²) in [5, 5.41) is 11.9. The Morgan fingerprint density at radius 3 is 1.95 bits per heavy atom. The number of rotatable bonds is 19. The fourth-order valence-electron chi connectivity index (χ4n) is 10.0. The SMILES string of the molecule is CCCCCCCCCCCCCCCCCC(=O)OCC(=O)[C@]1(O)CC[C@@H]2[C@H]3CCC4=CC(=O)CC[C@@]4(C)[C@@H]3CC[C@]21C. The lowest BCUT2D eigenvalue weighted by molar-refractivity contribution is -0.170. The quantitative estimate of drug-likeness (QED) is 0.116. The van der Waals surface area contributed by atoms with Crippen LogP contribution in [-0.4, -0.2) is 34.9 Å². The average Bonchev–Trinajstić information content (AvgIpc) is 3.29. The van der Waals surface area contributed by atoms with Crippen molar-refractivity contribution in [1.82, 2.24) is 0 Å². The van der Waals surface area contributed by atoms with Gasteiger partial charge in [0, 0.05) is 18.3 Å². The van der Waals surface area contributed by atoms with Crippen LogP contribution in [-0.2, 0) is 19.1 Å². The Bertz CT molecular complexity index is 1000. The highest BCUT2D eigenvalue weighted by Crippen LogP contribution is 2.67. The van der Waals surface area contributed by atoms with Gasteiger partial charge in [0.05, 0.1) is 0 Å². The van der Waals surface area contributed by atoms with Gasteiger partial charge < -0.3 is 9.84 Å². The maximum Gasteiger partial charge on any atom is 0.306 e. The van der Waals surface area contributed by atoms with Crippen LogP contribution < -0.4 is 0 Å². The first-order valence-corrected chi connectivity index (χ1v) is 18.8. The second-order valence-corrected chi connectivity index (χ2v) is 15.6. The number of ketones is 2. The van der Waals surface area contributed by atoms with Crippen LogP contribution in [0.15, 0.2) is 11.6 Å². The van der Waals surface area contributed by atoms with E-state index in [1.54, 1.807) is 0 Å². The van der Waals surface area contributed by atoms with Crippen molar-refractivity contribution in [2.45, 2.75) is 180 Å². The van der Waals surface area contributed by atoms with E-state index in [9.17, 15) is 19.5 Å². The number of hydrogen-bond acceptors (Lipinski definition) is 5. The minimum atomic E-state index is -1.42. The van der Waals surface area contributed by atoms with E-state index in [1.807, 2.05) is 6.08 Å². The second kappa shape index (κ2) is 16.4. The predicted molar refractivity (Wildman–Crippen MR) is 177 cm³/mol. The van der Waals surface area contributed by atoms with Crippen LogP contribution in [0.4, 0.5) is 0 Å². The molecule has 4 rings (SSSR count). The summed E-state index contributed by atoms with van der Waals surface area (Å²) in [7, 11) is 0. The van der Waals surface area contributed by atoms with Crippen LogP contribution in [0.1, 0.15) is 175 Å². The first kappa shape index (κ1) is 35.4. The van der Waals surface area contributed by atoms with Gasteiger partial charge >= 0.3 is 5.97 Å². The number of esters is 1. The zero-order valence-corrected chi connectivity index (χ0v) is 28.6. The molecule has 0 bridgehead atoms. The van der Waals surface area contributed by atoms with Gasteiger partial charge in [-0.2, -0.15) is 0 Å². The Labute approximate surface area is 268 Å². The van der Waals surface area contributed by atoms with Crippen LogP contribution in [0.2, 0.25) is 0 Å². The van der Waals surface area contributed by atoms with Crippen LogP contribution in [0.25, 0.3) is 0 Å². The maximum absolute atomic E-state index is 13.5. The number of fused-ring (bicyclic) bond motifs is 5. The Morgan fingerprint density at radius 2 is 1.34 bits per heavy atom. The molecule has 0 radical (unpaired) electrons. The largest absolute Gasteiger partial charge is 0.458 e. The summed E-state index contributed by atoms with van der Waals surface area (Å²) >= 11 is 0. The Hall–Kier alpha value is -1.49. The van der Waals surface area contributed by atoms with E-state index < -0.39 is 11.0 Å². The fraction of sp³-hybridized carbons (Fsp3) is 0.872. The highest BCUT2D eigenvalue weighted by atomic mass is 16.5. The number of ether oxygens (including phenoxy) is 1. The van der Waals surface area contributed by atoms with Gasteiger partial charge in [0.1, 0.15) is 5.60 Å². The molecule has 0 spiro atoms. The predicted octanol–water partition coefficient (Wildman–Crippen LogP) is 9.62. The summed E-state index contributed by atoms with van der Waals surface area (Å²) in [4.78, 5) is 38.0. The van der Waals surface area contributed by atoms with Crippen LogP contribution in [0.3, 0.4) is 0 Å². The van der Waals surface area contributed by atoms with Crippen molar-refractivity contribution in [2.75, 3.05) is 6.61 Å². The zero-order valence-electron chi connectivity index (χ0n) is 28.6. The van der Waals surface area contributed by atoms with Gasteiger partial charge in [-0.1, -0.05) is 116 Å². The molecule has 0 aromatic rings. The van der Waals surface area contributed by atoms with Crippen molar-refractivity contribution in [2.24, 2.45) is 28.6 Å². The van der Waals surface area contributed by atoms with Crippen molar-refractivity contribution < 1.29 is 24.2 Å². The van der Waals surface area contributed by atoms with E-state index >= 15 is 0 Å². The summed E-state index contributed by atoms with van der Waals surface area (Å²) in [5.41, 5.74) is -0.486. The Morgan fingerprint density at radius 1 is 0.773 bits per heavy atom. The third-order valence-electron chi connectivity index (χ3n) is 12.9. The molecule has 44 heavy (non-hydrogen) atoms. The van der Waals surface area contributed by atoms with Gasteiger partial charge in [-0.25, -0.2) is 0 Å². The molecule has 0 saturated heterocycles. The highest BCUT2D eigenvalue weighted by molar-refractivity contribution is 5.92. The molecule has 0 heterocycles. The number of unbranched alkanes of at least 4 members (excludes halogenated alkanes) is 14. The highest BCUT2D eigenvalue weighted by Gasteiger charge is 2.66. The summed E-state index contributed by atoms with van der Waals surface area (Å²) in [6, 6.07) is 0. The van der Waals surface area contributed by atoms with Gasteiger partial charge in [0.2, 0.25) is 5.78 Å². The number of carbonyl (C=O) groups is 3. The lowest BCUT2D eigenvalue weighted by Crippen LogP contribution is -2.58. The number of hydrogen-bond donors (Lipinski definition) is 1. The minimum absolute atomic E-state index is 0.0748. The number of carbonyl (C=O) groups excluding carboxylic acids is 3. The maximum atomic E-state index is 13.5. The van der Waals surface area contributed by atoms with Gasteiger partial charge in [-0.05, 0) is 80.6 Å². The van der Waals surface area contributed by atoms with E-state index in [0.717, 1.165) is 57.8 Å². The molecule has 5 heteroatoms. The van der Waals surface area contributed by atoms with Crippen LogP contribution in [0.5, 0.6) is 0 Å². The molecule has 6 atom stereocenters. The molecule has 0 aromatic carbocycles. The van der Waals surface area contributed by atoms with Crippen molar-refractivity contribution in [3.8, 4) is 0 Å². The monoisotopic (exact) mass is 612 g/mol. The minimum Gasteiger partial charge on any atom is -0.458 e. The molecule has 4 aliphatic carbocycles. The molecule has 0 aliphatic heterocycles. The first-order chi connectivity index (χ1) is 21.2. The molecule has 0 amide bonds. The standard InChI is InChI=1S/C39H64O5/c1-4-5-6-7-8-9-10-11-12-13-14-15-16-17-18-19-36(42)44-29-35(41)39(43)27-24-34-32-21-20-30-28-31(40)22-25-37(30,2)33(32)23-26-38(34,39)3/h28,32-34,43H,4-27,29H2,1-3H3/t32-,33+,34+,37+,38+,39+/m0/s1. The molecule has 0 unspecified atom stereocenters. The first-order valence-electron chi connectivity index (χ1n) is 18.8. The third kappa shape index (κ3) is 8.07. The van der Waals surface area contributed by atoms with Gasteiger partial charge in [0.15, 0.2) is 12.4 Å². The Kier molecular flexibility index (Phi) is 13.2. The second-order valence-electron chi connectivity index (χ2n) is 15.6. The van der Waals surface area contributed by atoms with E-state index in [2.05, 4.69) is 20.8 Å². The lowest BCUT2D eigenvalue weighted by atomic mass is 9.46. The fourth-order valence-corrected chi connectivity index (χ4v) is 10.0. The van der Waals surface area contributed by atoms with E-state index in [4.69, 9.17) is 4.74 Å². The summed E-state index contributed by atoms with van der Waals surface area (Å²) in [5.74, 6) is 0.925. The molecule has 3 saturated carbocycles. The summed E-state index contributed by atoms with van der Waals surface area (Å²) in [6.07, 6.45) is 28.2. The molecule has 5 nitrogen and oxygen atoms in total. The zero-order chi connectivity index (χ0) is 31.6. The molecular formula is C39H64O5. The number of aliphatic hydroxyl groups is 1. The van der Waals surface area contributed by atoms with Gasteiger partial charge in [-0.3, -0.25) is 14.4 Å². The summed E-state index contributed by atoms with van der Waals surface area (Å²) < 4.78 is 5.44. The van der Waals surface area contributed by atoms with Crippen molar-refractivity contribution in [3.63, 3.8) is 0 Å². The van der Waals surface area contributed by atoms with Crippen molar-refractivity contribution >= 4 is 17.5 Å². The number of allylic oxidation sites excluding steroid dienone is 1. The third-order valence-corrected chi connectivity index (χ3v) is 12.9. The van der Waals surface area contributed by atoms with E-state index in [0.29, 0.717) is 37.0 Å².